The van der Waals surface area contributed by atoms with E-state index in [0.29, 0.717) is 90.1 Å². The summed E-state index contributed by atoms with van der Waals surface area (Å²) in [5.74, 6) is -12.4. The minimum atomic E-state index is -1.34. The maximum Gasteiger partial charge on any atom is 0.243 e. The van der Waals surface area contributed by atoms with Crippen molar-refractivity contribution in [1.82, 2.24) is 79.8 Å². The van der Waals surface area contributed by atoms with Gasteiger partial charge < -0.3 is 120 Å². The zero-order valence-electron chi connectivity index (χ0n) is 73.1. The van der Waals surface area contributed by atoms with Crippen LogP contribution in [-0.2, 0) is 76.7 Å². The van der Waals surface area contributed by atoms with Crippen LogP contribution < -0.4 is 120 Å². The Hall–Kier alpha value is -8.72. The van der Waals surface area contributed by atoms with Crippen LogP contribution in [0.4, 0.5) is 0 Å². The molecule has 29 N–H and O–H groups in total. The molecule has 38 nitrogen and oxygen atoms in total. The number of amides is 16. The summed E-state index contributed by atoms with van der Waals surface area (Å²) in [7, 11) is 0. The predicted molar refractivity (Wildman–Crippen MR) is 451 cm³/mol. The molecule has 0 aromatic rings. The summed E-state index contributed by atoms with van der Waals surface area (Å²) in [6, 6.07) is -18.3. The van der Waals surface area contributed by atoms with E-state index < -0.39 is 185 Å². The Morgan fingerprint density at radius 1 is 0.195 bits per heavy atom. The van der Waals surface area contributed by atoms with Gasteiger partial charge in [0.2, 0.25) is 94.5 Å². The standard InChI is InChI=1S/C80H152N22O16/c1-45(2)40-61(66(87)104)98-73(111)57(30-18-24-36-83)94-68(106)51(12)90-79(117)64(43-48(7)8)101-75(113)59(32-20-26-38-85)96-70(108)53(14)91-80(118)65(44-49(9)10)102-76(114)60(33-21-27-39-86)97-72(110)56(29-17-23-35-82)93-67(105)50(11)89-78(116)63(42-47(5)6)100-74(112)58(31-19-25-37-84)95-69(107)52(13)88-77(115)62(41-46(3)4)99-71(109)55(92-54(15)103)28-16-22-34-81/h45-53,55-65H,16-44,81-86H2,1-15H3,(H2,87,104)(H,88,115)(H,89,116)(H,90,117)(H,91,118)(H,92,103)(H,93,105)(H,94,106)(H,95,107)(H,96,108)(H,97,110)(H,98,111)(H,99,109)(H,100,112)(H,101,113)(H,102,114)/t50-,51-,52-,53-,55-,56-,57-,58-,59-,60-,61-,62-,63-,64-,65-/m0/s1. The second kappa shape index (κ2) is 60.7. The summed E-state index contributed by atoms with van der Waals surface area (Å²) in [6.07, 6.45) is 6.48. The first-order chi connectivity index (χ1) is 55.5. The van der Waals surface area contributed by atoms with Crippen LogP contribution >= 0.6 is 0 Å². The Bertz CT molecular complexity index is 3130. The molecule has 0 bridgehead atoms. The highest BCUT2D eigenvalue weighted by atomic mass is 16.2. The topological polar surface area (TPSA) is 636 Å². The first-order valence-corrected chi connectivity index (χ1v) is 42.5. The molecule has 0 aliphatic carbocycles. The van der Waals surface area contributed by atoms with Crippen LogP contribution in [0.5, 0.6) is 0 Å². The van der Waals surface area contributed by atoms with Crippen LogP contribution in [0.15, 0.2) is 0 Å². The van der Waals surface area contributed by atoms with Gasteiger partial charge in [-0.3, -0.25) is 76.7 Å². The molecule has 0 radical (unpaired) electrons. The van der Waals surface area contributed by atoms with E-state index in [1.165, 1.54) is 34.6 Å². The van der Waals surface area contributed by atoms with Crippen molar-refractivity contribution >= 4 is 94.5 Å². The SMILES string of the molecule is CC(=O)N[C@@H](CCCCN)C(=O)N[C@@H](CC(C)C)C(=O)N[C@@H](C)C(=O)N[C@@H](CCCCN)C(=O)N[C@@H](CC(C)C)C(=O)N[C@@H](C)C(=O)N[C@@H](CCCCN)C(=O)N[C@@H](CCCCN)C(=O)N[C@@H](CC(C)C)C(=O)N[C@@H](C)C(=O)N[C@@H](CCCCN)C(=O)N[C@@H](CC(C)C)C(=O)N[C@@H](C)C(=O)N[C@@H](CCCCN)C(=O)N[C@@H](CC(C)C)C(N)=O. The van der Waals surface area contributed by atoms with Crippen molar-refractivity contribution < 1.29 is 76.7 Å². The van der Waals surface area contributed by atoms with E-state index >= 15 is 0 Å². The van der Waals surface area contributed by atoms with Crippen molar-refractivity contribution in [2.45, 2.75) is 342 Å². The van der Waals surface area contributed by atoms with Crippen LogP contribution in [-0.4, -0.2) is 224 Å². The van der Waals surface area contributed by atoms with Crippen molar-refractivity contribution in [2.24, 2.45) is 69.7 Å². The van der Waals surface area contributed by atoms with Crippen molar-refractivity contribution in [3.05, 3.63) is 0 Å². The Kier molecular flexibility index (Phi) is 56.2. The molecule has 15 atom stereocenters. The fourth-order valence-corrected chi connectivity index (χ4v) is 12.7. The highest BCUT2D eigenvalue weighted by Gasteiger charge is 2.38. The Balaban J connectivity index is 6.79. The van der Waals surface area contributed by atoms with Gasteiger partial charge in [-0.05, 0) is 244 Å². The minimum Gasteiger partial charge on any atom is -0.368 e. The quantitative estimate of drug-likeness (QED) is 0.0289. The third-order valence-corrected chi connectivity index (χ3v) is 19.3. The second-order valence-electron chi connectivity index (χ2n) is 33.0. The van der Waals surface area contributed by atoms with Gasteiger partial charge in [0, 0.05) is 6.92 Å². The van der Waals surface area contributed by atoms with Gasteiger partial charge in [-0.25, -0.2) is 0 Å². The molecular formula is C80H152N22O16. The van der Waals surface area contributed by atoms with Crippen LogP contribution in [0.2, 0.25) is 0 Å². The molecule has 0 saturated heterocycles. The molecule has 0 aromatic carbocycles. The van der Waals surface area contributed by atoms with E-state index in [1.807, 2.05) is 41.5 Å². The van der Waals surface area contributed by atoms with Gasteiger partial charge in [-0.15, -0.1) is 0 Å². The molecule has 0 rings (SSSR count). The fourth-order valence-electron chi connectivity index (χ4n) is 12.7. The number of carbonyl (C=O) groups is 16. The average molecular weight is 1680 g/mol. The highest BCUT2D eigenvalue weighted by Crippen LogP contribution is 2.16. The molecular weight excluding hydrogens is 1530 g/mol. The fraction of sp³-hybridized carbons (Fsp3) is 0.800. The zero-order chi connectivity index (χ0) is 89.9. The van der Waals surface area contributed by atoms with Gasteiger partial charge in [0.15, 0.2) is 0 Å². The molecule has 678 valence electrons. The maximum absolute atomic E-state index is 14.6. The van der Waals surface area contributed by atoms with Crippen LogP contribution in [0, 0.1) is 29.6 Å². The highest BCUT2D eigenvalue weighted by molar-refractivity contribution is 6.00. The van der Waals surface area contributed by atoms with Crippen LogP contribution in [0.1, 0.15) is 252 Å². The average Bonchev–Trinajstić information content (AvgIpc) is 0.865. The second-order valence-corrected chi connectivity index (χ2v) is 33.0. The molecule has 0 saturated carbocycles. The molecule has 0 unspecified atom stereocenters. The maximum atomic E-state index is 14.6. The number of hydrogen-bond acceptors (Lipinski definition) is 22. The number of nitrogens with two attached hydrogens (primary N) is 7. The van der Waals surface area contributed by atoms with Crippen molar-refractivity contribution in [3.8, 4) is 0 Å². The van der Waals surface area contributed by atoms with Crippen LogP contribution in [0.3, 0.4) is 0 Å². The lowest BCUT2D eigenvalue weighted by atomic mass is 10.0. The molecule has 118 heavy (non-hydrogen) atoms. The van der Waals surface area contributed by atoms with E-state index in [4.69, 9.17) is 40.1 Å². The first-order valence-electron chi connectivity index (χ1n) is 42.5. The van der Waals surface area contributed by atoms with Gasteiger partial charge in [0.05, 0.1) is 0 Å². The number of rotatable bonds is 64. The Morgan fingerprint density at radius 3 is 0.500 bits per heavy atom. The molecule has 0 aliphatic heterocycles. The number of unbranched alkanes of at least 4 members (excludes halogenated alkanes) is 6. The van der Waals surface area contributed by atoms with E-state index in [-0.39, 0.29) is 126 Å². The number of hydrogen-bond donors (Lipinski definition) is 22. The smallest absolute Gasteiger partial charge is 0.243 e. The summed E-state index contributed by atoms with van der Waals surface area (Å²) in [4.78, 5) is 221. The Morgan fingerprint density at radius 2 is 0.339 bits per heavy atom. The molecule has 0 spiro atoms. The van der Waals surface area contributed by atoms with Crippen molar-refractivity contribution in [1.29, 1.82) is 0 Å². The van der Waals surface area contributed by atoms with Crippen molar-refractivity contribution in [2.75, 3.05) is 39.3 Å². The number of primary amides is 1. The van der Waals surface area contributed by atoms with Crippen LogP contribution in [0.25, 0.3) is 0 Å². The summed E-state index contributed by atoms with van der Waals surface area (Å²) >= 11 is 0. The molecule has 0 aromatic heterocycles. The van der Waals surface area contributed by atoms with Gasteiger partial charge in [0.25, 0.3) is 0 Å². The van der Waals surface area contributed by atoms with Gasteiger partial charge in [-0.2, -0.15) is 0 Å². The van der Waals surface area contributed by atoms with E-state index in [1.54, 1.807) is 27.7 Å². The van der Waals surface area contributed by atoms with E-state index in [9.17, 15) is 76.7 Å². The third-order valence-electron chi connectivity index (χ3n) is 19.3. The lowest BCUT2D eigenvalue weighted by Gasteiger charge is -2.28. The molecule has 0 heterocycles. The summed E-state index contributed by atoms with van der Waals surface area (Å²) < 4.78 is 0. The van der Waals surface area contributed by atoms with Gasteiger partial charge >= 0.3 is 0 Å². The number of nitrogens with one attached hydrogen (secondary N) is 15. The van der Waals surface area contributed by atoms with Gasteiger partial charge in [0.1, 0.15) is 90.6 Å². The predicted octanol–water partition coefficient (Wildman–Crippen LogP) is -2.15. The summed E-state index contributed by atoms with van der Waals surface area (Å²) in [5, 5.41) is 40.2. The summed E-state index contributed by atoms with van der Waals surface area (Å²) in [6.45, 7) is 26.7. The lowest BCUT2D eigenvalue weighted by molar-refractivity contribution is -0.136. The largest absolute Gasteiger partial charge is 0.368 e. The zero-order valence-corrected chi connectivity index (χ0v) is 73.1. The molecule has 38 heteroatoms. The molecule has 16 amide bonds. The molecule has 0 aliphatic rings. The number of carbonyl (C=O) groups excluding carboxylic acids is 16. The van der Waals surface area contributed by atoms with E-state index in [0.717, 1.165) is 0 Å². The normalized spacial score (nSPS) is 15.2. The minimum absolute atomic E-state index is 0.00161. The van der Waals surface area contributed by atoms with Crippen molar-refractivity contribution in [3.63, 3.8) is 0 Å². The molecule has 0 fully saturated rings. The van der Waals surface area contributed by atoms with Gasteiger partial charge in [-0.1, -0.05) is 69.2 Å². The first kappa shape index (κ1) is 109. The summed E-state index contributed by atoms with van der Waals surface area (Å²) in [5.41, 5.74) is 40.3. The monoisotopic (exact) mass is 1680 g/mol. The third kappa shape index (κ3) is 46.6. The van der Waals surface area contributed by atoms with E-state index in [2.05, 4.69) is 79.8 Å². The lowest BCUT2D eigenvalue weighted by Crippen LogP contribution is -2.60. The Labute approximate surface area is 699 Å².